The van der Waals surface area contributed by atoms with Crippen LogP contribution in [0.1, 0.15) is 45.2 Å². The number of carbonyl (C=O) groups is 3. The fourth-order valence-corrected chi connectivity index (χ4v) is 6.28. The minimum atomic E-state index is -4.92. The fraction of sp³-hybridized carbons (Fsp3) is 0.429. The number of amides is 2. The number of nitrogens with one attached hydrogen (secondary N) is 1. The lowest BCUT2D eigenvalue weighted by Gasteiger charge is -2.49. The van der Waals surface area contributed by atoms with Crippen LogP contribution in [0.15, 0.2) is 63.1 Å². The number of thioether (sulfide) groups is 1. The molecule has 4 heterocycles. The molecular formula is C28H34N6O10S3. The summed E-state index contributed by atoms with van der Waals surface area (Å²) in [5.41, 5.74) is 6.94. The largest absolute Gasteiger partial charge is 0.726 e. The number of pyridine rings is 1. The molecule has 0 bridgehead atoms. The third kappa shape index (κ3) is 9.97. The van der Waals surface area contributed by atoms with Gasteiger partial charge < -0.3 is 30.3 Å². The van der Waals surface area contributed by atoms with Gasteiger partial charge in [0.1, 0.15) is 36.2 Å². The second-order valence-corrected chi connectivity index (χ2v) is 13.7. The summed E-state index contributed by atoms with van der Waals surface area (Å²) >= 11 is 2.57. The number of oxime groups is 1. The Morgan fingerprint density at radius 2 is 1.98 bits per heavy atom. The van der Waals surface area contributed by atoms with Gasteiger partial charge in [0.05, 0.1) is 5.75 Å². The predicted octanol–water partition coefficient (Wildman–Crippen LogP) is 1.46. The summed E-state index contributed by atoms with van der Waals surface area (Å²) in [4.78, 5) is 50.6. The molecule has 19 heteroatoms. The Hall–Kier alpha value is -4.04. The Morgan fingerprint density at radius 3 is 2.55 bits per heavy atom. The van der Waals surface area contributed by atoms with E-state index in [2.05, 4.69) is 21.5 Å². The number of hydrogen-bond acceptors (Lipinski definition) is 13. The van der Waals surface area contributed by atoms with Gasteiger partial charge in [-0.2, -0.15) is 0 Å². The van der Waals surface area contributed by atoms with Crippen LogP contribution >= 0.6 is 23.1 Å². The normalized spacial score (nSPS) is 19.5. The number of nitrogen functional groups attached to an aromatic ring is 1. The van der Waals surface area contributed by atoms with Crippen LogP contribution in [0, 0.1) is 0 Å². The first kappa shape index (κ1) is 35.8. The highest BCUT2D eigenvalue weighted by Crippen LogP contribution is 2.35. The van der Waals surface area contributed by atoms with E-state index in [1.54, 1.807) is 5.38 Å². The lowest BCUT2D eigenvalue weighted by atomic mass is 9.92. The van der Waals surface area contributed by atoms with E-state index < -0.39 is 40.3 Å². The highest BCUT2D eigenvalue weighted by molar-refractivity contribution is 7.99. The van der Waals surface area contributed by atoms with E-state index in [0.717, 1.165) is 48.5 Å². The van der Waals surface area contributed by atoms with Gasteiger partial charge in [-0.25, -0.2) is 22.8 Å². The predicted molar refractivity (Wildman–Crippen MR) is 169 cm³/mol. The van der Waals surface area contributed by atoms with Gasteiger partial charge >= 0.3 is 5.97 Å². The number of anilines is 1. The van der Waals surface area contributed by atoms with Crippen molar-refractivity contribution >= 4 is 62.1 Å². The van der Waals surface area contributed by atoms with E-state index >= 15 is 0 Å². The van der Waals surface area contributed by atoms with Crippen molar-refractivity contribution < 1.29 is 51.2 Å². The number of aromatic nitrogens is 2. The molecule has 0 unspecified atom stereocenters. The quantitative estimate of drug-likeness (QED) is 0.0378. The average Bonchev–Trinajstić information content (AvgIpc) is 3.69. The van der Waals surface area contributed by atoms with E-state index in [1.807, 2.05) is 42.9 Å². The fourth-order valence-electron chi connectivity index (χ4n) is 4.90. The first-order valence-electron chi connectivity index (χ1n) is 14.3. The number of fused-ring (bicyclic) bond motifs is 1. The Bertz CT molecular complexity index is 1670. The Kier molecular flexibility index (Phi) is 12.0. The molecule has 2 amide bonds. The number of allylic oxidation sites excluding steroid dienone is 2. The zero-order chi connectivity index (χ0) is 34.3. The number of carboxylic acid groups (broad SMARTS) is 1. The number of carboxylic acids is 1. The number of nitrogens with zero attached hydrogens (tertiary/aromatic N) is 4. The number of thiazole rings is 1. The van der Waals surface area contributed by atoms with Gasteiger partial charge in [0.25, 0.3) is 11.8 Å². The third-order valence-electron chi connectivity index (χ3n) is 7.16. The molecule has 2 aromatic rings. The van der Waals surface area contributed by atoms with Crippen molar-refractivity contribution in [1.29, 1.82) is 0 Å². The molecule has 2 atom stereocenters. The number of rotatable bonds is 11. The molecular weight excluding hydrogens is 677 g/mol. The van der Waals surface area contributed by atoms with Crippen LogP contribution < -0.4 is 15.6 Å². The summed E-state index contributed by atoms with van der Waals surface area (Å²) in [6.07, 6.45) is 9.69. The van der Waals surface area contributed by atoms with Gasteiger partial charge in [0.15, 0.2) is 35.5 Å². The molecule has 47 heavy (non-hydrogen) atoms. The number of carbonyl (C=O) groups excluding carboxylic acids is 2. The molecule has 1 aliphatic carbocycles. The topological polar surface area (TPSA) is 238 Å². The Labute approximate surface area is 278 Å². The maximum absolute atomic E-state index is 13.3. The lowest BCUT2D eigenvalue weighted by molar-refractivity contribution is -0.687. The number of aliphatic carboxylic acids is 1. The zero-order valence-corrected chi connectivity index (χ0v) is 27.8. The summed E-state index contributed by atoms with van der Waals surface area (Å²) in [5.74, 6) is -2.04. The van der Waals surface area contributed by atoms with Crippen molar-refractivity contribution in [2.45, 2.75) is 69.2 Å². The summed E-state index contributed by atoms with van der Waals surface area (Å²) in [6.45, 7) is 4.89. The lowest BCUT2D eigenvalue weighted by Crippen LogP contribution is -2.73. The Morgan fingerprint density at radius 1 is 1.32 bits per heavy atom. The molecule has 5 N–H and O–H groups in total. The summed E-state index contributed by atoms with van der Waals surface area (Å²) < 4.78 is 40.7. The smallest absolute Gasteiger partial charge is 0.356 e. The van der Waals surface area contributed by atoms with E-state index in [0.29, 0.717) is 0 Å². The minimum absolute atomic E-state index is 0.0373. The average molecular weight is 711 g/mol. The van der Waals surface area contributed by atoms with E-state index in [1.165, 1.54) is 22.2 Å². The molecule has 2 fully saturated rings. The van der Waals surface area contributed by atoms with Crippen molar-refractivity contribution in [3.63, 3.8) is 0 Å². The van der Waals surface area contributed by atoms with Gasteiger partial charge in [-0.05, 0) is 45.6 Å². The molecule has 0 aromatic carbocycles. The standard InChI is InChI=1S/C28H32N6O6S2.H2O4S/c1-16(2)7-10-33-11-8-18(9-12-33)41-15-21-24(27(37)38)34-20(13-39-21)23(26(34)36)31-25(35)22(19-14-42-28(29)30-19)32-40-17-5-3-4-6-17;1-5(2,3)4/h7-9,11-12,14,17,20,23H,3-6,10,13,15H2,1-2H3,(H3-,29,30,31,35,37,38);(H2,1,2,3,4)/b32-22-;/t20-,23+;/m1./s1. The number of hydrogen-bond donors (Lipinski definition) is 4. The van der Waals surface area contributed by atoms with Gasteiger partial charge in [0.2, 0.25) is 10.4 Å². The van der Waals surface area contributed by atoms with Crippen LogP contribution in [-0.4, -0.2) is 86.6 Å². The summed E-state index contributed by atoms with van der Waals surface area (Å²) in [7, 11) is -4.92. The maximum Gasteiger partial charge on any atom is 0.356 e. The molecule has 2 aromatic heterocycles. The third-order valence-corrected chi connectivity index (χ3v) is 8.84. The van der Waals surface area contributed by atoms with Crippen LogP contribution in [0.5, 0.6) is 0 Å². The minimum Gasteiger partial charge on any atom is -0.726 e. The van der Waals surface area contributed by atoms with Gasteiger partial charge in [-0.1, -0.05) is 10.7 Å². The van der Waals surface area contributed by atoms with Crippen LogP contribution in [0.3, 0.4) is 0 Å². The second-order valence-electron chi connectivity index (χ2n) is 10.9. The van der Waals surface area contributed by atoms with Crippen molar-refractivity contribution in [3.8, 4) is 0 Å². The van der Waals surface area contributed by atoms with E-state index in [4.69, 9.17) is 32.8 Å². The van der Waals surface area contributed by atoms with Crippen molar-refractivity contribution in [3.05, 3.63) is 58.7 Å². The summed E-state index contributed by atoms with van der Waals surface area (Å²) in [6, 6.07) is 2.23. The molecule has 1 saturated carbocycles. The van der Waals surface area contributed by atoms with Crippen molar-refractivity contribution in [1.82, 2.24) is 15.2 Å². The molecule has 5 rings (SSSR count). The van der Waals surface area contributed by atoms with Crippen molar-refractivity contribution in [2.75, 3.05) is 18.1 Å². The highest BCUT2D eigenvalue weighted by Gasteiger charge is 2.55. The Balaban J connectivity index is 0.000000930. The van der Waals surface area contributed by atoms with Gasteiger partial charge in [-0.15, -0.1) is 23.1 Å². The monoisotopic (exact) mass is 710 g/mol. The molecule has 0 spiro atoms. The van der Waals surface area contributed by atoms with Gasteiger partial charge in [-0.3, -0.25) is 19.0 Å². The van der Waals surface area contributed by atoms with Crippen LogP contribution in [0.4, 0.5) is 5.13 Å². The number of β-lactam (4-membered cyclic amide) rings is 1. The number of ether oxygens (including phenoxy) is 1. The molecule has 2 aliphatic heterocycles. The molecule has 16 nitrogen and oxygen atoms in total. The zero-order valence-electron chi connectivity index (χ0n) is 25.4. The first-order chi connectivity index (χ1) is 22.2. The number of nitrogens with two attached hydrogens (primary N) is 1. The molecule has 0 radical (unpaired) electrons. The van der Waals surface area contributed by atoms with Crippen LogP contribution in [0.25, 0.3) is 0 Å². The van der Waals surface area contributed by atoms with Crippen molar-refractivity contribution in [2.24, 2.45) is 5.16 Å². The van der Waals surface area contributed by atoms with Gasteiger partial charge in [0, 0.05) is 22.4 Å². The second kappa shape index (κ2) is 15.7. The van der Waals surface area contributed by atoms with Crippen LogP contribution in [-0.2, 0) is 40.9 Å². The van der Waals surface area contributed by atoms with E-state index in [9.17, 15) is 19.5 Å². The summed E-state index contributed by atoms with van der Waals surface area (Å²) in [5, 5.41) is 18.6. The first-order valence-corrected chi connectivity index (χ1v) is 17.6. The molecule has 254 valence electrons. The molecule has 1 saturated heterocycles. The van der Waals surface area contributed by atoms with E-state index in [-0.39, 0.29) is 46.5 Å². The molecule has 3 aliphatic rings. The maximum atomic E-state index is 13.3. The van der Waals surface area contributed by atoms with Crippen LogP contribution in [0.2, 0.25) is 0 Å². The highest BCUT2D eigenvalue weighted by atomic mass is 32.3. The SMILES string of the molecule is CC(C)=CC[n+]1ccc(SCC2=C(C(=O)O)N3C(=O)[C@@H](NC(=O)/C(=N\OC4CCCC4)c4csc(N)n4)[C@H]3CO2)cc1.O=S(=O)([O-])O.